The first-order chi connectivity index (χ1) is 12.4. The summed E-state index contributed by atoms with van der Waals surface area (Å²) in [7, 11) is 0. The lowest BCUT2D eigenvalue weighted by molar-refractivity contribution is 0.269. The second kappa shape index (κ2) is 10.3. The van der Waals surface area contributed by atoms with Crippen LogP contribution < -0.4 is 14.8 Å². The zero-order valence-electron chi connectivity index (χ0n) is 15.2. The van der Waals surface area contributed by atoms with Crippen molar-refractivity contribution in [3.63, 3.8) is 0 Å². The Morgan fingerprint density at radius 3 is 2.31 bits per heavy atom. The van der Waals surface area contributed by atoms with Gasteiger partial charge in [0, 0.05) is 12.6 Å². The molecule has 0 aromatic heterocycles. The summed E-state index contributed by atoms with van der Waals surface area (Å²) in [6.07, 6.45) is 1.07. The van der Waals surface area contributed by atoms with E-state index in [1.165, 1.54) is 0 Å². The Balaban J connectivity index is 2.16. The second-order valence-electron chi connectivity index (χ2n) is 6.07. The van der Waals surface area contributed by atoms with Crippen LogP contribution in [-0.2, 0) is 13.2 Å². The molecule has 6 heteroatoms. The average molecular weight is 417 g/mol. The second-order valence-corrected chi connectivity index (χ2v) is 7.29. The molecule has 142 valence electrons. The van der Waals surface area contributed by atoms with Crippen molar-refractivity contribution >= 4 is 34.8 Å². The van der Waals surface area contributed by atoms with E-state index in [9.17, 15) is 0 Å². The van der Waals surface area contributed by atoms with Crippen LogP contribution in [0.1, 0.15) is 38.3 Å². The minimum Gasteiger partial charge on any atom is -0.490 e. The maximum atomic E-state index is 6.46. The quantitative estimate of drug-likeness (QED) is 0.505. The molecule has 2 aromatic carbocycles. The summed E-state index contributed by atoms with van der Waals surface area (Å²) in [5, 5.41) is 4.99. The first kappa shape index (κ1) is 21.2. The van der Waals surface area contributed by atoms with Gasteiger partial charge in [0.05, 0.1) is 21.7 Å². The van der Waals surface area contributed by atoms with Gasteiger partial charge >= 0.3 is 0 Å². The fraction of sp³-hybridized carbons (Fsp3) is 0.400. The zero-order valence-corrected chi connectivity index (χ0v) is 17.5. The minimum atomic E-state index is 0.321. The fourth-order valence-corrected chi connectivity index (χ4v) is 2.96. The van der Waals surface area contributed by atoms with Crippen LogP contribution in [0.5, 0.6) is 11.5 Å². The van der Waals surface area contributed by atoms with Gasteiger partial charge in [0.1, 0.15) is 6.61 Å². The molecular weight excluding hydrogens is 393 g/mol. The molecule has 0 radical (unpaired) electrons. The number of halogens is 3. The average Bonchev–Trinajstić information content (AvgIpc) is 2.62. The summed E-state index contributed by atoms with van der Waals surface area (Å²) >= 11 is 18.5. The van der Waals surface area contributed by atoms with Crippen LogP contribution in [0.2, 0.25) is 15.1 Å². The van der Waals surface area contributed by atoms with Crippen molar-refractivity contribution in [2.75, 3.05) is 6.61 Å². The third-order valence-corrected chi connectivity index (χ3v) is 5.02. The first-order valence-corrected chi connectivity index (χ1v) is 9.83. The van der Waals surface area contributed by atoms with E-state index in [0.29, 0.717) is 45.8 Å². The Morgan fingerprint density at radius 1 is 0.923 bits per heavy atom. The van der Waals surface area contributed by atoms with Crippen LogP contribution in [0.3, 0.4) is 0 Å². The number of rotatable bonds is 9. The number of benzene rings is 2. The van der Waals surface area contributed by atoms with E-state index in [-0.39, 0.29) is 0 Å². The predicted octanol–water partition coefficient (Wildman–Crippen LogP) is 6.51. The monoisotopic (exact) mass is 415 g/mol. The van der Waals surface area contributed by atoms with Crippen LogP contribution in [0, 0.1) is 0 Å². The van der Waals surface area contributed by atoms with Gasteiger partial charge in [-0.25, -0.2) is 0 Å². The van der Waals surface area contributed by atoms with Gasteiger partial charge in [-0.05, 0) is 55.7 Å². The van der Waals surface area contributed by atoms with Crippen molar-refractivity contribution in [2.45, 2.75) is 46.4 Å². The standard InChI is InChI=1S/C20H24Cl3NO2/c1-4-13(3)24-11-15-9-18(23)20(19(10-15)25-5-2)26-12-14-6-7-16(21)17(22)8-14/h6-10,13,24H,4-5,11-12H2,1-3H3/t13-/m1/s1. The summed E-state index contributed by atoms with van der Waals surface area (Å²) in [6.45, 7) is 7.81. The molecule has 1 atom stereocenters. The third-order valence-electron chi connectivity index (χ3n) is 4.00. The van der Waals surface area contributed by atoms with E-state index >= 15 is 0 Å². The molecule has 0 aliphatic rings. The molecule has 2 rings (SSSR count). The minimum absolute atomic E-state index is 0.321. The largest absolute Gasteiger partial charge is 0.490 e. The molecule has 0 amide bonds. The van der Waals surface area contributed by atoms with E-state index in [1.54, 1.807) is 12.1 Å². The lowest BCUT2D eigenvalue weighted by Crippen LogP contribution is -2.24. The molecular formula is C20H24Cl3NO2. The highest BCUT2D eigenvalue weighted by Gasteiger charge is 2.14. The van der Waals surface area contributed by atoms with Crippen molar-refractivity contribution in [3.8, 4) is 11.5 Å². The Morgan fingerprint density at radius 2 is 1.65 bits per heavy atom. The molecule has 0 saturated carbocycles. The van der Waals surface area contributed by atoms with Gasteiger partial charge in [-0.3, -0.25) is 0 Å². The molecule has 2 aromatic rings. The van der Waals surface area contributed by atoms with Crippen LogP contribution in [-0.4, -0.2) is 12.6 Å². The van der Waals surface area contributed by atoms with Crippen molar-refractivity contribution < 1.29 is 9.47 Å². The van der Waals surface area contributed by atoms with E-state index in [1.807, 2.05) is 25.1 Å². The molecule has 3 nitrogen and oxygen atoms in total. The smallest absolute Gasteiger partial charge is 0.180 e. The summed E-state index contributed by atoms with van der Waals surface area (Å²) < 4.78 is 11.7. The van der Waals surface area contributed by atoms with Crippen molar-refractivity contribution in [3.05, 3.63) is 56.5 Å². The van der Waals surface area contributed by atoms with E-state index in [4.69, 9.17) is 44.3 Å². The van der Waals surface area contributed by atoms with Gasteiger partial charge in [0.2, 0.25) is 0 Å². The van der Waals surface area contributed by atoms with Crippen LogP contribution in [0.4, 0.5) is 0 Å². The maximum Gasteiger partial charge on any atom is 0.180 e. The first-order valence-electron chi connectivity index (χ1n) is 8.69. The molecule has 0 unspecified atom stereocenters. The number of hydrogen-bond acceptors (Lipinski definition) is 3. The number of hydrogen-bond donors (Lipinski definition) is 1. The predicted molar refractivity (Wildman–Crippen MR) is 110 cm³/mol. The van der Waals surface area contributed by atoms with Gasteiger partial charge < -0.3 is 14.8 Å². The van der Waals surface area contributed by atoms with Gasteiger partial charge in [-0.1, -0.05) is 47.8 Å². The normalized spacial score (nSPS) is 12.1. The highest BCUT2D eigenvalue weighted by atomic mass is 35.5. The lowest BCUT2D eigenvalue weighted by Gasteiger charge is -2.17. The van der Waals surface area contributed by atoms with Crippen molar-refractivity contribution in [2.24, 2.45) is 0 Å². The summed E-state index contributed by atoms with van der Waals surface area (Å²) in [5.74, 6) is 1.17. The Hall–Kier alpha value is -1.13. The molecule has 0 saturated heterocycles. The molecule has 26 heavy (non-hydrogen) atoms. The molecule has 0 heterocycles. The summed E-state index contributed by atoms with van der Waals surface area (Å²) in [4.78, 5) is 0. The number of nitrogens with one attached hydrogen (secondary N) is 1. The summed E-state index contributed by atoms with van der Waals surface area (Å²) in [6, 6.07) is 9.71. The van der Waals surface area contributed by atoms with Crippen molar-refractivity contribution in [1.82, 2.24) is 5.32 Å². The van der Waals surface area contributed by atoms with E-state index < -0.39 is 0 Å². The molecule has 1 N–H and O–H groups in total. The molecule has 0 aliphatic heterocycles. The highest BCUT2D eigenvalue weighted by Crippen LogP contribution is 2.37. The highest BCUT2D eigenvalue weighted by molar-refractivity contribution is 6.42. The van der Waals surface area contributed by atoms with Crippen molar-refractivity contribution in [1.29, 1.82) is 0 Å². The lowest BCUT2D eigenvalue weighted by atomic mass is 10.1. The van der Waals surface area contributed by atoms with E-state index in [2.05, 4.69) is 19.2 Å². The molecule has 0 bridgehead atoms. The van der Waals surface area contributed by atoms with Crippen LogP contribution >= 0.6 is 34.8 Å². The molecule has 0 spiro atoms. The zero-order chi connectivity index (χ0) is 19.1. The number of ether oxygens (including phenoxy) is 2. The van der Waals surface area contributed by atoms with Gasteiger partial charge in [-0.2, -0.15) is 0 Å². The Kier molecular flexibility index (Phi) is 8.36. The topological polar surface area (TPSA) is 30.5 Å². The van der Waals surface area contributed by atoms with Crippen LogP contribution in [0.15, 0.2) is 30.3 Å². The Labute approximate surface area is 170 Å². The molecule has 0 aliphatic carbocycles. The maximum absolute atomic E-state index is 6.46. The molecule has 0 fully saturated rings. The van der Waals surface area contributed by atoms with Crippen LogP contribution in [0.25, 0.3) is 0 Å². The summed E-state index contributed by atoms with van der Waals surface area (Å²) in [5.41, 5.74) is 1.96. The van der Waals surface area contributed by atoms with Gasteiger partial charge in [0.15, 0.2) is 11.5 Å². The SMILES string of the molecule is CCOc1cc(CN[C@H](C)CC)cc(Cl)c1OCc1ccc(Cl)c(Cl)c1. The van der Waals surface area contributed by atoms with Gasteiger partial charge in [-0.15, -0.1) is 0 Å². The third kappa shape index (κ3) is 5.95. The van der Waals surface area contributed by atoms with Gasteiger partial charge in [0.25, 0.3) is 0 Å². The fourth-order valence-electron chi connectivity index (χ4n) is 2.35. The Bertz CT molecular complexity index is 737. The van der Waals surface area contributed by atoms with E-state index in [0.717, 1.165) is 24.1 Å².